The molecule has 2 heterocycles. The van der Waals surface area contributed by atoms with Crippen molar-refractivity contribution in [3.63, 3.8) is 0 Å². The largest absolute Gasteiger partial charge is 0.353 e. The lowest BCUT2D eigenvalue weighted by atomic mass is 9.92. The zero-order valence-electron chi connectivity index (χ0n) is 16.9. The van der Waals surface area contributed by atoms with Crippen molar-refractivity contribution >= 4 is 29.5 Å². The quantitative estimate of drug-likeness (QED) is 0.750. The van der Waals surface area contributed by atoms with E-state index in [1.165, 1.54) is 0 Å². The number of halogens is 1. The molecule has 0 unspecified atom stereocenters. The van der Waals surface area contributed by atoms with Crippen molar-refractivity contribution in [2.75, 3.05) is 26.2 Å². The van der Waals surface area contributed by atoms with Gasteiger partial charge in [0.1, 0.15) is 0 Å². The van der Waals surface area contributed by atoms with E-state index in [2.05, 4.69) is 10.2 Å². The summed E-state index contributed by atoms with van der Waals surface area (Å²) in [5, 5.41) is 3.82. The molecule has 29 heavy (non-hydrogen) atoms. The number of amides is 2. The van der Waals surface area contributed by atoms with Crippen LogP contribution in [0.15, 0.2) is 30.3 Å². The predicted molar refractivity (Wildman–Crippen MR) is 116 cm³/mol. The van der Waals surface area contributed by atoms with Gasteiger partial charge in [-0.15, -0.1) is 0 Å². The summed E-state index contributed by atoms with van der Waals surface area (Å²) in [6.07, 6.45) is 9.71. The molecular formula is C23H30ClN3O2. The smallest absolute Gasteiger partial charge is 0.246 e. The van der Waals surface area contributed by atoms with Crippen LogP contribution < -0.4 is 5.32 Å². The van der Waals surface area contributed by atoms with Crippen LogP contribution in [0.5, 0.6) is 0 Å². The molecule has 0 radical (unpaired) electrons. The van der Waals surface area contributed by atoms with E-state index in [0.29, 0.717) is 17.1 Å². The lowest BCUT2D eigenvalue weighted by Gasteiger charge is -2.41. The first-order valence-electron chi connectivity index (χ1n) is 10.9. The Kier molecular flexibility index (Phi) is 6.56. The van der Waals surface area contributed by atoms with Crippen LogP contribution in [-0.2, 0) is 9.59 Å². The first-order chi connectivity index (χ1) is 14.1. The van der Waals surface area contributed by atoms with Gasteiger partial charge in [0.2, 0.25) is 11.8 Å². The molecular weight excluding hydrogens is 386 g/mol. The molecule has 156 valence electrons. The molecule has 3 aliphatic rings. The van der Waals surface area contributed by atoms with Crippen molar-refractivity contribution in [1.82, 2.24) is 15.1 Å². The molecule has 0 spiro atoms. The maximum atomic E-state index is 12.5. The highest BCUT2D eigenvalue weighted by atomic mass is 35.5. The molecule has 0 bridgehead atoms. The van der Waals surface area contributed by atoms with Crippen LogP contribution in [0, 0.1) is 5.92 Å². The molecule has 1 N–H and O–H groups in total. The second kappa shape index (κ2) is 9.31. The van der Waals surface area contributed by atoms with Gasteiger partial charge in [-0.3, -0.25) is 9.59 Å². The Labute approximate surface area is 178 Å². The molecule has 1 aliphatic carbocycles. The van der Waals surface area contributed by atoms with Crippen LogP contribution in [0.2, 0.25) is 5.02 Å². The van der Waals surface area contributed by atoms with Crippen LogP contribution >= 0.6 is 11.6 Å². The van der Waals surface area contributed by atoms with Gasteiger partial charge in [0.15, 0.2) is 0 Å². The van der Waals surface area contributed by atoms with Crippen LogP contribution in [0.3, 0.4) is 0 Å². The van der Waals surface area contributed by atoms with E-state index in [-0.39, 0.29) is 17.7 Å². The fraction of sp³-hybridized carbons (Fsp3) is 0.565. The van der Waals surface area contributed by atoms with Crippen LogP contribution in [0.25, 0.3) is 6.08 Å². The van der Waals surface area contributed by atoms with Crippen molar-refractivity contribution in [3.05, 3.63) is 40.9 Å². The lowest BCUT2D eigenvalue weighted by molar-refractivity contribution is -0.129. The monoisotopic (exact) mass is 415 g/mol. The van der Waals surface area contributed by atoms with E-state index in [1.54, 1.807) is 6.08 Å². The minimum absolute atomic E-state index is 0.0684. The Morgan fingerprint density at radius 2 is 1.72 bits per heavy atom. The number of benzene rings is 1. The molecule has 1 aromatic carbocycles. The molecule has 3 fully saturated rings. The summed E-state index contributed by atoms with van der Waals surface area (Å²) in [5.74, 6) is 0.517. The van der Waals surface area contributed by atoms with Crippen molar-refractivity contribution in [2.45, 2.75) is 50.6 Å². The average Bonchev–Trinajstić information content (AvgIpc) is 3.56. The van der Waals surface area contributed by atoms with Gasteiger partial charge in [-0.1, -0.05) is 23.7 Å². The van der Waals surface area contributed by atoms with Gasteiger partial charge in [-0.2, -0.15) is 0 Å². The van der Waals surface area contributed by atoms with Gasteiger partial charge < -0.3 is 15.1 Å². The lowest BCUT2D eigenvalue weighted by Crippen LogP contribution is -2.50. The second-order valence-electron chi connectivity index (χ2n) is 8.54. The van der Waals surface area contributed by atoms with Gasteiger partial charge in [0, 0.05) is 42.2 Å². The summed E-state index contributed by atoms with van der Waals surface area (Å²) in [7, 11) is 0. The minimum atomic E-state index is 0.0684. The summed E-state index contributed by atoms with van der Waals surface area (Å²) < 4.78 is 0. The van der Waals surface area contributed by atoms with Crippen LogP contribution in [-0.4, -0.2) is 59.9 Å². The maximum Gasteiger partial charge on any atom is 0.246 e. The topological polar surface area (TPSA) is 52.7 Å². The number of carbonyl (C=O) groups is 2. The van der Waals surface area contributed by atoms with E-state index in [0.717, 1.165) is 70.3 Å². The zero-order chi connectivity index (χ0) is 20.2. The summed E-state index contributed by atoms with van der Waals surface area (Å²) >= 11 is 5.99. The van der Waals surface area contributed by atoms with Crippen molar-refractivity contribution in [1.29, 1.82) is 0 Å². The Morgan fingerprint density at radius 3 is 2.38 bits per heavy atom. The van der Waals surface area contributed by atoms with Crippen LogP contribution in [0.1, 0.15) is 44.1 Å². The number of carbonyl (C=O) groups excluding carboxylic acids is 2. The molecule has 2 amide bonds. The maximum absolute atomic E-state index is 12.5. The third-order valence-corrected chi connectivity index (χ3v) is 6.62. The average molecular weight is 416 g/mol. The van der Waals surface area contributed by atoms with E-state index in [1.807, 2.05) is 35.2 Å². The van der Waals surface area contributed by atoms with Gasteiger partial charge in [-0.25, -0.2) is 0 Å². The van der Waals surface area contributed by atoms with Crippen molar-refractivity contribution in [3.8, 4) is 0 Å². The zero-order valence-corrected chi connectivity index (χ0v) is 17.6. The number of rotatable bonds is 5. The molecule has 4 rings (SSSR count). The van der Waals surface area contributed by atoms with E-state index < -0.39 is 0 Å². The molecule has 1 aromatic rings. The highest BCUT2D eigenvalue weighted by Crippen LogP contribution is 2.26. The van der Waals surface area contributed by atoms with Gasteiger partial charge in [0.05, 0.1) is 0 Å². The molecule has 1 saturated carbocycles. The highest BCUT2D eigenvalue weighted by Gasteiger charge is 2.33. The summed E-state index contributed by atoms with van der Waals surface area (Å²) in [6, 6.07) is 8.49. The van der Waals surface area contributed by atoms with Gasteiger partial charge in [0.25, 0.3) is 0 Å². The Morgan fingerprint density at radius 1 is 1.00 bits per heavy atom. The second-order valence-corrected chi connectivity index (χ2v) is 8.97. The van der Waals surface area contributed by atoms with E-state index in [9.17, 15) is 9.59 Å². The number of likely N-dealkylation sites (tertiary alicyclic amines) is 2. The number of nitrogens with one attached hydrogen (secondary N) is 1. The molecule has 5 nitrogen and oxygen atoms in total. The summed E-state index contributed by atoms with van der Waals surface area (Å²) in [4.78, 5) is 29.2. The fourth-order valence-electron chi connectivity index (χ4n) is 4.41. The van der Waals surface area contributed by atoms with Gasteiger partial charge in [-0.05, 0) is 75.4 Å². The van der Waals surface area contributed by atoms with Gasteiger partial charge >= 0.3 is 0 Å². The number of hydrogen-bond donors (Lipinski definition) is 1. The molecule has 0 aromatic heterocycles. The first kappa shape index (κ1) is 20.4. The molecule has 2 aliphatic heterocycles. The number of piperidine rings is 2. The van der Waals surface area contributed by atoms with E-state index >= 15 is 0 Å². The number of hydrogen-bond acceptors (Lipinski definition) is 3. The Bertz CT molecular complexity index is 761. The normalized spacial score (nSPS) is 22.2. The standard InChI is InChI=1S/C23H30ClN3O2/c24-19-3-1-2-17(16-19)4-7-22(28)27-14-10-21(11-15-27)26-12-8-18(9-13-26)23(29)25-20-5-6-20/h1-4,7,16,18,20-21H,5-6,8-15H2,(H,25,29). The Hall–Kier alpha value is -1.85. The fourth-order valence-corrected chi connectivity index (χ4v) is 4.61. The molecule has 2 saturated heterocycles. The third-order valence-electron chi connectivity index (χ3n) is 6.38. The summed E-state index contributed by atoms with van der Waals surface area (Å²) in [6.45, 7) is 3.59. The summed E-state index contributed by atoms with van der Waals surface area (Å²) in [5.41, 5.74) is 0.939. The van der Waals surface area contributed by atoms with Crippen LogP contribution in [0.4, 0.5) is 0 Å². The third kappa shape index (κ3) is 5.61. The van der Waals surface area contributed by atoms with Crippen molar-refractivity contribution in [2.24, 2.45) is 5.92 Å². The Balaban J connectivity index is 1.20. The minimum Gasteiger partial charge on any atom is -0.353 e. The first-order valence-corrected chi connectivity index (χ1v) is 11.2. The SMILES string of the molecule is O=C(NC1CC1)C1CCN(C2CCN(C(=O)C=Cc3cccc(Cl)c3)CC2)CC1. The number of nitrogens with zero attached hydrogens (tertiary/aromatic N) is 2. The van der Waals surface area contributed by atoms with Crippen molar-refractivity contribution < 1.29 is 9.59 Å². The highest BCUT2D eigenvalue weighted by molar-refractivity contribution is 6.30. The predicted octanol–water partition coefficient (Wildman–Crippen LogP) is 3.33. The van der Waals surface area contributed by atoms with E-state index in [4.69, 9.17) is 11.6 Å². The molecule has 0 atom stereocenters. The molecule has 6 heteroatoms.